The average molecular weight is 391 g/mol. The number of aryl methyl sites for hydroxylation is 1. The lowest BCUT2D eigenvalue weighted by Crippen LogP contribution is -2.39. The molecule has 6 heteroatoms. The summed E-state index contributed by atoms with van der Waals surface area (Å²) in [7, 11) is 5.16. The first-order chi connectivity index (χ1) is 12.8. The first-order valence-electron chi connectivity index (χ1n) is 8.76. The molecule has 1 amide bonds. The van der Waals surface area contributed by atoms with E-state index >= 15 is 0 Å². The lowest BCUT2D eigenvalue weighted by molar-refractivity contribution is -0.120. The number of ether oxygens (including phenoxy) is 2. The third-order valence-corrected chi connectivity index (χ3v) is 5.24. The Morgan fingerprint density at radius 3 is 2.44 bits per heavy atom. The number of hydrogen-bond donors (Lipinski definition) is 1. The maximum Gasteiger partial charge on any atom is 0.241 e. The van der Waals surface area contributed by atoms with Gasteiger partial charge in [-0.15, -0.1) is 0 Å². The van der Waals surface area contributed by atoms with Crippen LogP contribution in [-0.4, -0.2) is 38.1 Å². The number of methoxy groups -OCH3 is 2. The van der Waals surface area contributed by atoms with Crippen LogP contribution in [-0.2, 0) is 11.3 Å². The molecule has 0 radical (unpaired) electrons. The fraction of sp³-hybridized carbons (Fsp3) is 0.381. The summed E-state index contributed by atoms with van der Waals surface area (Å²) in [5.41, 5.74) is 3.75. The summed E-state index contributed by atoms with van der Waals surface area (Å²) in [6, 6.07) is 9.06. The lowest BCUT2D eigenvalue weighted by atomic mass is 10.1. The first-order valence-corrected chi connectivity index (χ1v) is 9.14. The largest absolute Gasteiger partial charge is 0.493 e. The van der Waals surface area contributed by atoms with Crippen LogP contribution in [0, 0.1) is 13.8 Å². The zero-order chi connectivity index (χ0) is 20.1. The van der Waals surface area contributed by atoms with Crippen molar-refractivity contribution in [3.63, 3.8) is 0 Å². The molecule has 27 heavy (non-hydrogen) atoms. The van der Waals surface area contributed by atoms with Crippen molar-refractivity contribution in [1.82, 2.24) is 4.90 Å². The molecule has 0 aliphatic rings. The van der Waals surface area contributed by atoms with Crippen molar-refractivity contribution in [3.8, 4) is 11.5 Å². The van der Waals surface area contributed by atoms with Gasteiger partial charge in [0.2, 0.25) is 5.91 Å². The van der Waals surface area contributed by atoms with Crippen molar-refractivity contribution in [3.05, 3.63) is 52.0 Å². The molecule has 0 unspecified atom stereocenters. The molecule has 1 N–H and O–H groups in total. The van der Waals surface area contributed by atoms with Gasteiger partial charge in [0.1, 0.15) is 0 Å². The van der Waals surface area contributed by atoms with E-state index in [1.165, 1.54) is 0 Å². The smallest absolute Gasteiger partial charge is 0.241 e. The molecule has 5 nitrogen and oxygen atoms in total. The highest BCUT2D eigenvalue weighted by Crippen LogP contribution is 2.31. The number of carbonyl (C=O) groups is 1. The third kappa shape index (κ3) is 4.93. The molecule has 0 saturated carbocycles. The van der Waals surface area contributed by atoms with E-state index in [1.807, 2.05) is 63.1 Å². The summed E-state index contributed by atoms with van der Waals surface area (Å²) in [6.07, 6.45) is 0. The summed E-state index contributed by atoms with van der Waals surface area (Å²) in [5, 5.41) is 3.60. The SMILES string of the molecule is COc1cc(C)c(CN(C)[C@H](C)C(=O)Nc2cccc(Cl)c2C)cc1OC. The third-order valence-electron chi connectivity index (χ3n) is 4.83. The molecule has 0 aliphatic carbocycles. The summed E-state index contributed by atoms with van der Waals surface area (Å²) in [4.78, 5) is 14.7. The van der Waals surface area contributed by atoms with Crippen LogP contribution in [0.4, 0.5) is 5.69 Å². The molecule has 2 rings (SSSR count). The molecule has 0 aliphatic heterocycles. The fourth-order valence-electron chi connectivity index (χ4n) is 2.78. The van der Waals surface area contributed by atoms with Crippen LogP contribution >= 0.6 is 11.6 Å². The standard InChI is InChI=1S/C21H27ClN2O3/c1-13-10-19(26-5)20(27-6)11-16(13)12-24(4)15(3)21(25)23-18-9-7-8-17(22)14(18)2/h7-11,15H,12H2,1-6H3,(H,23,25)/t15-/m1/s1. The van der Waals surface area contributed by atoms with Crippen molar-refractivity contribution in [2.75, 3.05) is 26.6 Å². The summed E-state index contributed by atoms with van der Waals surface area (Å²) < 4.78 is 10.7. The van der Waals surface area contributed by atoms with Crippen LogP contribution in [0.1, 0.15) is 23.6 Å². The molecule has 1 atom stereocenters. The number of nitrogens with one attached hydrogen (secondary N) is 1. The molecule has 0 aromatic heterocycles. The van der Waals surface area contributed by atoms with E-state index in [2.05, 4.69) is 5.32 Å². The number of rotatable bonds is 7. The number of halogens is 1. The highest BCUT2D eigenvalue weighted by molar-refractivity contribution is 6.31. The molecule has 2 aromatic carbocycles. The zero-order valence-electron chi connectivity index (χ0n) is 16.7. The molecular formula is C21H27ClN2O3. The zero-order valence-corrected chi connectivity index (χ0v) is 17.5. The minimum Gasteiger partial charge on any atom is -0.493 e. The minimum atomic E-state index is -0.323. The summed E-state index contributed by atoms with van der Waals surface area (Å²) >= 11 is 6.13. The van der Waals surface area contributed by atoms with Gasteiger partial charge in [-0.25, -0.2) is 0 Å². The van der Waals surface area contributed by atoms with E-state index in [4.69, 9.17) is 21.1 Å². The predicted octanol–water partition coefficient (Wildman–Crippen LogP) is 4.43. The van der Waals surface area contributed by atoms with E-state index in [0.29, 0.717) is 23.1 Å². The van der Waals surface area contributed by atoms with E-state index < -0.39 is 0 Å². The average Bonchev–Trinajstić information content (AvgIpc) is 2.65. The second kappa shape index (κ2) is 9.11. The number of likely N-dealkylation sites (N-methyl/N-ethyl adjacent to an activating group) is 1. The van der Waals surface area contributed by atoms with E-state index in [0.717, 1.165) is 22.4 Å². The van der Waals surface area contributed by atoms with Gasteiger partial charge in [0, 0.05) is 17.3 Å². The minimum absolute atomic E-state index is 0.0824. The lowest BCUT2D eigenvalue weighted by Gasteiger charge is -2.25. The number of benzene rings is 2. The summed E-state index contributed by atoms with van der Waals surface area (Å²) in [5.74, 6) is 1.29. The Bertz CT molecular complexity index is 823. The Morgan fingerprint density at radius 2 is 1.81 bits per heavy atom. The van der Waals surface area contributed by atoms with Crippen LogP contribution in [0.3, 0.4) is 0 Å². The Morgan fingerprint density at radius 1 is 1.19 bits per heavy atom. The topological polar surface area (TPSA) is 50.8 Å². The number of nitrogens with zero attached hydrogens (tertiary/aromatic N) is 1. The number of carbonyl (C=O) groups excluding carboxylic acids is 1. The molecule has 0 saturated heterocycles. The van der Waals surface area contributed by atoms with Crippen molar-refractivity contribution in [1.29, 1.82) is 0 Å². The van der Waals surface area contributed by atoms with Gasteiger partial charge in [-0.1, -0.05) is 17.7 Å². The Balaban J connectivity index is 2.12. The van der Waals surface area contributed by atoms with E-state index in [-0.39, 0.29) is 11.9 Å². The van der Waals surface area contributed by atoms with Crippen LogP contribution in [0.5, 0.6) is 11.5 Å². The quantitative estimate of drug-likeness (QED) is 0.759. The van der Waals surface area contributed by atoms with Crippen LogP contribution in [0.2, 0.25) is 5.02 Å². The van der Waals surface area contributed by atoms with Gasteiger partial charge in [0.05, 0.1) is 20.3 Å². The molecule has 2 aromatic rings. The Hall–Kier alpha value is -2.24. The number of hydrogen-bond acceptors (Lipinski definition) is 4. The van der Waals surface area contributed by atoms with Gasteiger partial charge >= 0.3 is 0 Å². The van der Waals surface area contributed by atoms with E-state index in [1.54, 1.807) is 14.2 Å². The second-order valence-corrected chi connectivity index (χ2v) is 7.03. The van der Waals surface area contributed by atoms with E-state index in [9.17, 15) is 4.79 Å². The van der Waals surface area contributed by atoms with Crippen LogP contribution < -0.4 is 14.8 Å². The fourth-order valence-corrected chi connectivity index (χ4v) is 2.95. The van der Waals surface area contributed by atoms with Crippen molar-refractivity contribution >= 4 is 23.2 Å². The van der Waals surface area contributed by atoms with Gasteiger partial charge in [0.15, 0.2) is 11.5 Å². The maximum absolute atomic E-state index is 12.7. The summed E-state index contributed by atoms with van der Waals surface area (Å²) in [6.45, 7) is 6.39. The molecule has 0 spiro atoms. The Labute approximate surface area is 166 Å². The first kappa shape index (κ1) is 21.1. The van der Waals surface area contributed by atoms with Gasteiger partial charge in [-0.05, 0) is 68.8 Å². The number of amides is 1. The number of anilines is 1. The van der Waals surface area contributed by atoms with Crippen molar-refractivity contribution in [2.45, 2.75) is 33.4 Å². The molecular weight excluding hydrogens is 364 g/mol. The van der Waals surface area contributed by atoms with Gasteiger partial charge < -0.3 is 14.8 Å². The molecule has 0 bridgehead atoms. The van der Waals surface area contributed by atoms with Gasteiger partial charge in [-0.3, -0.25) is 9.69 Å². The second-order valence-electron chi connectivity index (χ2n) is 6.63. The van der Waals surface area contributed by atoms with Gasteiger partial charge in [-0.2, -0.15) is 0 Å². The Kier molecular flexibility index (Phi) is 7.11. The van der Waals surface area contributed by atoms with Gasteiger partial charge in [0.25, 0.3) is 0 Å². The van der Waals surface area contributed by atoms with Crippen LogP contribution in [0.25, 0.3) is 0 Å². The maximum atomic E-state index is 12.7. The monoisotopic (exact) mass is 390 g/mol. The predicted molar refractivity (Wildman–Crippen MR) is 110 cm³/mol. The molecule has 146 valence electrons. The van der Waals surface area contributed by atoms with Crippen molar-refractivity contribution < 1.29 is 14.3 Å². The molecule has 0 heterocycles. The van der Waals surface area contributed by atoms with Crippen molar-refractivity contribution in [2.24, 2.45) is 0 Å². The highest BCUT2D eigenvalue weighted by atomic mass is 35.5. The molecule has 0 fully saturated rings. The normalized spacial score (nSPS) is 12.0. The van der Waals surface area contributed by atoms with Crippen LogP contribution in [0.15, 0.2) is 30.3 Å². The highest BCUT2D eigenvalue weighted by Gasteiger charge is 2.20.